The second kappa shape index (κ2) is 4.43. The van der Waals surface area contributed by atoms with Gasteiger partial charge in [-0.25, -0.2) is 0 Å². The van der Waals surface area contributed by atoms with Crippen LogP contribution in [0.1, 0.15) is 24.0 Å². The Bertz CT molecular complexity index is 761. The number of anilines is 1. The van der Waals surface area contributed by atoms with Gasteiger partial charge in [-0.2, -0.15) is 0 Å². The van der Waals surface area contributed by atoms with Gasteiger partial charge in [0.15, 0.2) is 0 Å². The van der Waals surface area contributed by atoms with E-state index in [0.717, 1.165) is 35.4 Å². The molecule has 1 saturated carbocycles. The summed E-state index contributed by atoms with van der Waals surface area (Å²) in [5, 5.41) is 3.70. The number of carbonyl (C=O) groups excluding carboxylic acids is 1. The summed E-state index contributed by atoms with van der Waals surface area (Å²) in [6.07, 6.45) is 1.62. The second-order valence-electron chi connectivity index (χ2n) is 5.50. The van der Waals surface area contributed by atoms with Crippen LogP contribution in [0.3, 0.4) is 0 Å². The van der Waals surface area contributed by atoms with E-state index in [9.17, 15) is 4.79 Å². The molecule has 4 rings (SSSR count). The molecule has 104 valence electrons. The monoisotopic (exact) mass is 296 g/mol. The minimum Gasteiger partial charge on any atom is -0.323 e. The van der Waals surface area contributed by atoms with Gasteiger partial charge in [0.1, 0.15) is 5.54 Å². The van der Waals surface area contributed by atoms with E-state index in [2.05, 4.69) is 5.32 Å². The summed E-state index contributed by atoms with van der Waals surface area (Å²) in [6.45, 7) is 0. The van der Waals surface area contributed by atoms with E-state index in [1.54, 1.807) is 0 Å². The van der Waals surface area contributed by atoms with E-state index < -0.39 is 5.54 Å². The normalized spacial score (nSPS) is 18.5. The molecule has 0 unspecified atom stereocenters. The highest BCUT2D eigenvalue weighted by Crippen LogP contribution is 2.44. The lowest BCUT2D eigenvalue weighted by atomic mass is 10.0. The van der Waals surface area contributed by atoms with Crippen LogP contribution in [0.15, 0.2) is 53.5 Å². The molecule has 1 amide bonds. The Labute approximate surface area is 127 Å². The van der Waals surface area contributed by atoms with Crippen LogP contribution >= 0.6 is 11.6 Å². The Morgan fingerprint density at radius 1 is 1.05 bits per heavy atom. The van der Waals surface area contributed by atoms with Gasteiger partial charge in [0.05, 0.1) is 11.4 Å². The molecule has 1 heterocycles. The molecule has 2 aromatic carbocycles. The van der Waals surface area contributed by atoms with Crippen LogP contribution in [0.2, 0.25) is 5.02 Å². The summed E-state index contributed by atoms with van der Waals surface area (Å²) in [6, 6.07) is 15.4. The SMILES string of the molecule is O=C1Nc2ccccc2C(c2ccc(Cl)cc2)=NC12CC2. The molecule has 3 nitrogen and oxygen atoms in total. The zero-order chi connectivity index (χ0) is 14.4. The number of hydrogen-bond acceptors (Lipinski definition) is 2. The standard InChI is InChI=1S/C17H13ClN2O/c18-12-7-5-11(6-8-12)15-13-3-1-2-4-14(13)19-16(21)17(20-15)9-10-17/h1-8H,9-10H2,(H,19,21). The van der Waals surface area contributed by atoms with E-state index in [1.807, 2.05) is 48.5 Å². The molecule has 0 radical (unpaired) electrons. The molecule has 0 saturated heterocycles. The van der Waals surface area contributed by atoms with Gasteiger partial charge in [-0.3, -0.25) is 9.79 Å². The summed E-state index contributed by atoms with van der Waals surface area (Å²) < 4.78 is 0. The predicted octanol–water partition coefficient (Wildman–Crippen LogP) is 3.66. The van der Waals surface area contributed by atoms with E-state index >= 15 is 0 Å². The van der Waals surface area contributed by atoms with Crippen LogP contribution < -0.4 is 5.32 Å². The largest absolute Gasteiger partial charge is 0.323 e. The molecule has 1 N–H and O–H groups in total. The van der Waals surface area contributed by atoms with Crippen LogP contribution in [0, 0.1) is 0 Å². The van der Waals surface area contributed by atoms with Crippen molar-refractivity contribution < 1.29 is 4.79 Å². The third-order valence-corrected chi connectivity index (χ3v) is 4.27. The lowest BCUT2D eigenvalue weighted by molar-refractivity contribution is -0.118. The van der Waals surface area contributed by atoms with Gasteiger partial charge in [-0.05, 0) is 31.0 Å². The molecule has 21 heavy (non-hydrogen) atoms. The first-order valence-electron chi connectivity index (χ1n) is 6.95. The fraction of sp³-hybridized carbons (Fsp3) is 0.176. The molecule has 0 aromatic heterocycles. The quantitative estimate of drug-likeness (QED) is 0.857. The first-order valence-corrected chi connectivity index (χ1v) is 7.32. The number of benzene rings is 2. The number of aliphatic imine (C=N–C) groups is 1. The van der Waals surface area contributed by atoms with Crippen molar-refractivity contribution in [3.05, 3.63) is 64.7 Å². The predicted molar refractivity (Wildman–Crippen MR) is 84.1 cm³/mol. The summed E-state index contributed by atoms with van der Waals surface area (Å²) in [5.74, 6) is -0.00101. The summed E-state index contributed by atoms with van der Waals surface area (Å²) in [4.78, 5) is 17.2. The molecule has 0 bridgehead atoms. The fourth-order valence-corrected chi connectivity index (χ4v) is 2.77. The van der Waals surface area contributed by atoms with Gasteiger partial charge in [-0.15, -0.1) is 0 Å². The Morgan fingerprint density at radius 3 is 2.48 bits per heavy atom. The van der Waals surface area contributed by atoms with Crippen LogP contribution in [0.5, 0.6) is 0 Å². The zero-order valence-electron chi connectivity index (χ0n) is 11.3. The van der Waals surface area contributed by atoms with Crippen molar-refractivity contribution in [3.63, 3.8) is 0 Å². The van der Waals surface area contributed by atoms with Crippen molar-refractivity contribution in [3.8, 4) is 0 Å². The van der Waals surface area contributed by atoms with Crippen molar-refractivity contribution in [1.29, 1.82) is 0 Å². The average Bonchev–Trinajstić information content (AvgIpc) is 3.29. The van der Waals surface area contributed by atoms with E-state index in [-0.39, 0.29) is 5.91 Å². The maximum absolute atomic E-state index is 12.4. The van der Waals surface area contributed by atoms with Crippen LogP contribution in [0.25, 0.3) is 0 Å². The van der Waals surface area contributed by atoms with Gasteiger partial charge in [-0.1, -0.05) is 41.9 Å². The highest BCUT2D eigenvalue weighted by molar-refractivity contribution is 6.30. The van der Waals surface area contributed by atoms with Gasteiger partial charge in [0.25, 0.3) is 5.91 Å². The number of halogens is 1. The van der Waals surface area contributed by atoms with Crippen molar-refractivity contribution in [2.45, 2.75) is 18.4 Å². The lowest BCUT2D eigenvalue weighted by Crippen LogP contribution is -2.27. The molecule has 4 heteroatoms. The van der Waals surface area contributed by atoms with E-state index in [4.69, 9.17) is 16.6 Å². The van der Waals surface area contributed by atoms with Gasteiger partial charge < -0.3 is 5.32 Å². The molecule has 1 aliphatic heterocycles. The summed E-state index contributed by atoms with van der Waals surface area (Å²) in [7, 11) is 0. The smallest absolute Gasteiger partial charge is 0.252 e. The second-order valence-corrected chi connectivity index (χ2v) is 5.94. The molecule has 1 spiro atoms. The Hall–Kier alpha value is -2.13. The number of nitrogens with one attached hydrogen (secondary N) is 1. The van der Waals surface area contributed by atoms with Crippen LogP contribution in [0.4, 0.5) is 5.69 Å². The highest BCUT2D eigenvalue weighted by atomic mass is 35.5. The number of carbonyl (C=O) groups is 1. The number of rotatable bonds is 1. The third-order valence-electron chi connectivity index (χ3n) is 4.02. The first kappa shape index (κ1) is 12.6. The maximum Gasteiger partial charge on any atom is 0.252 e. The Morgan fingerprint density at radius 2 is 1.76 bits per heavy atom. The zero-order valence-corrected chi connectivity index (χ0v) is 12.0. The molecular weight excluding hydrogens is 284 g/mol. The van der Waals surface area contributed by atoms with Gasteiger partial charge in [0, 0.05) is 16.1 Å². The van der Waals surface area contributed by atoms with E-state index in [1.165, 1.54) is 0 Å². The lowest BCUT2D eigenvalue weighted by Gasteiger charge is -2.09. The van der Waals surface area contributed by atoms with Gasteiger partial charge in [0.2, 0.25) is 0 Å². The topological polar surface area (TPSA) is 41.5 Å². The molecule has 1 aliphatic carbocycles. The first-order chi connectivity index (χ1) is 10.2. The molecule has 0 atom stereocenters. The van der Waals surface area contributed by atoms with Crippen LogP contribution in [-0.4, -0.2) is 17.2 Å². The minimum absolute atomic E-state index is 0.00101. The number of amides is 1. The average molecular weight is 297 g/mol. The Balaban J connectivity index is 1.93. The Kier molecular flexibility index (Phi) is 2.66. The van der Waals surface area contributed by atoms with Crippen molar-refractivity contribution in [1.82, 2.24) is 0 Å². The fourth-order valence-electron chi connectivity index (χ4n) is 2.65. The van der Waals surface area contributed by atoms with Crippen molar-refractivity contribution in [2.75, 3.05) is 5.32 Å². The number of hydrogen-bond donors (Lipinski definition) is 1. The van der Waals surface area contributed by atoms with Crippen molar-refractivity contribution in [2.24, 2.45) is 4.99 Å². The summed E-state index contributed by atoms with van der Waals surface area (Å²) in [5.41, 5.74) is 3.04. The van der Waals surface area contributed by atoms with Crippen LogP contribution in [-0.2, 0) is 4.79 Å². The van der Waals surface area contributed by atoms with Crippen molar-refractivity contribution >= 4 is 28.9 Å². The van der Waals surface area contributed by atoms with E-state index in [0.29, 0.717) is 5.02 Å². The maximum atomic E-state index is 12.4. The number of nitrogens with zero attached hydrogens (tertiary/aromatic N) is 1. The minimum atomic E-state index is -0.575. The third kappa shape index (κ3) is 2.05. The molecule has 2 aliphatic rings. The number of fused-ring (bicyclic) bond motifs is 1. The molecular formula is C17H13ClN2O. The molecule has 1 fully saturated rings. The van der Waals surface area contributed by atoms with Gasteiger partial charge >= 0.3 is 0 Å². The number of para-hydroxylation sites is 1. The summed E-state index contributed by atoms with van der Waals surface area (Å²) >= 11 is 5.97. The molecule has 2 aromatic rings. The highest BCUT2D eigenvalue weighted by Gasteiger charge is 2.51.